The molecule has 0 spiro atoms. The number of halogens is 4. The molecule has 1 unspecified atom stereocenters. The first-order chi connectivity index (χ1) is 31.0. The number of amides is 6. The lowest BCUT2D eigenvalue weighted by atomic mass is 10.0. The number of imide groups is 1. The van der Waals surface area contributed by atoms with Gasteiger partial charge in [0, 0.05) is 73.9 Å². The number of urea groups is 1. The highest BCUT2D eigenvalue weighted by atomic mass is 79.9. The van der Waals surface area contributed by atoms with E-state index in [1.807, 2.05) is 43.9 Å². The maximum Gasteiger partial charge on any atom is 0.410 e. The fourth-order valence-corrected chi connectivity index (χ4v) is 8.98. The summed E-state index contributed by atoms with van der Waals surface area (Å²) in [6.45, 7) is 8.41. The summed E-state index contributed by atoms with van der Waals surface area (Å²) < 4.78 is 21.2. The zero-order valence-corrected chi connectivity index (χ0v) is 39.7. The molecule has 0 aliphatic carbocycles. The quantitative estimate of drug-likeness (QED) is 0.0511. The molecule has 3 aliphatic rings. The van der Waals surface area contributed by atoms with Crippen molar-refractivity contribution in [2.45, 2.75) is 103 Å². The highest BCUT2D eigenvalue weighted by molar-refractivity contribution is 9.10. The van der Waals surface area contributed by atoms with Gasteiger partial charge in [0.2, 0.25) is 17.8 Å². The minimum absolute atomic E-state index is 0.140. The number of carbonyl (C=O) groups excluding carboxylic acids is 5. The molecule has 65 heavy (non-hydrogen) atoms. The Morgan fingerprint density at radius 1 is 0.938 bits per heavy atom. The van der Waals surface area contributed by atoms with E-state index in [0.717, 1.165) is 61.6 Å². The van der Waals surface area contributed by atoms with Crippen molar-refractivity contribution < 1.29 is 33.1 Å². The van der Waals surface area contributed by atoms with Crippen LogP contribution in [0, 0.1) is 5.82 Å². The molecule has 0 saturated carbocycles. The number of nitrogens with one attached hydrogen (secondary N) is 4. The molecule has 3 aromatic carbocycles. The smallest absolute Gasteiger partial charge is 0.410 e. The van der Waals surface area contributed by atoms with Crippen LogP contribution < -0.4 is 26.2 Å². The first-order valence-electron chi connectivity index (χ1n) is 22.0. The Kier molecular flexibility index (Phi) is 15.4. The summed E-state index contributed by atoms with van der Waals surface area (Å²) in [6.07, 6.45) is 6.84. The molecular formula is C46H53BrCl2FN9O6. The number of unbranched alkanes of at least 4 members (excludes halogenated alkanes) is 5. The number of nitrogens with zero attached hydrogens (tertiary/aromatic N) is 5. The lowest BCUT2D eigenvalue weighted by molar-refractivity contribution is -0.136. The molecule has 2 fully saturated rings. The number of piperazine rings is 1. The van der Waals surface area contributed by atoms with E-state index in [-0.39, 0.29) is 52.4 Å². The maximum atomic E-state index is 15.5. The third-order valence-electron chi connectivity index (χ3n) is 11.5. The van der Waals surface area contributed by atoms with Gasteiger partial charge in [-0.1, -0.05) is 61.0 Å². The van der Waals surface area contributed by atoms with E-state index in [0.29, 0.717) is 72.6 Å². The molecule has 4 heterocycles. The molecule has 7 rings (SSSR count). The van der Waals surface area contributed by atoms with Gasteiger partial charge in [0.05, 0.1) is 9.50 Å². The van der Waals surface area contributed by atoms with Crippen LogP contribution >= 0.6 is 39.1 Å². The van der Waals surface area contributed by atoms with Crippen LogP contribution in [0.3, 0.4) is 0 Å². The Morgan fingerprint density at radius 3 is 2.42 bits per heavy atom. The summed E-state index contributed by atoms with van der Waals surface area (Å²) >= 11 is 16.1. The van der Waals surface area contributed by atoms with Gasteiger partial charge in [-0.3, -0.25) is 19.7 Å². The molecule has 0 bridgehead atoms. The summed E-state index contributed by atoms with van der Waals surface area (Å²) in [5.41, 5.74) is 3.24. The molecule has 2 saturated heterocycles. The van der Waals surface area contributed by atoms with Crippen molar-refractivity contribution in [3.05, 3.63) is 85.1 Å². The Hall–Kier alpha value is -5.26. The SMILES string of the molecule is CC(C)(C)OC(=O)N1CCN(c2nc(NCCCCCCCCc3cc(Cl)cc(NC(=O)NCc4ccc5c(c4)CN(C4CCC(=O)NC4=O)C5=O)c3)nc3c(F)c(Br)c(Cl)cc23)CC1. The van der Waals surface area contributed by atoms with Crippen LogP contribution in [0.25, 0.3) is 10.9 Å². The first kappa shape index (κ1) is 47.7. The number of hydrogen-bond acceptors (Lipinski definition) is 10. The van der Waals surface area contributed by atoms with Crippen LogP contribution in [-0.2, 0) is 33.8 Å². The Balaban J connectivity index is 0.823. The van der Waals surface area contributed by atoms with Crippen molar-refractivity contribution in [3.8, 4) is 0 Å². The van der Waals surface area contributed by atoms with Gasteiger partial charge in [-0.2, -0.15) is 4.98 Å². The number of benzene rings is 3. The lowest BCUT2D eigenvalue weighted by Crippen LogP contribution is -2.52. The van der Waals surface area contributed by atoms with E-state index in [1.165, 1.54) is 4.90 Å². The van der Waals surface area contributed by atoms with Crippen LogP contribution in [0.15, 0.2) is 46.9 Å². The summed E-state index contributed by atoms with van der Waals surface area (Å²) in [5.74, 6) is -0.725. The molecular weight excluding hydrogens is 944 g/mol. The van der Waals surface area contributed by atoms with E-state index < -0.39 is 29.4 Å². The van der Waals surface area contributed by atoms with Crippen molar-refractivity contribution in [1.82, 2.24) is 30.4 Å². The van der Waals surface area contributed by atoms with E-state index in [2.05, 4.69) is 42.2 Å². The summed E-state index contributed by atoms with van der Waals surface area (Å²) in [6, 6.07) is 11.4. The average Bonchev–Trinajstić information content (AvgIpc) is 3.58. The molecule has 4 N–H and O–H groups in total. The summed E-state index contributed by atoms with van der Waals surface area (Å²) in [7, 11) is 0. The molecule has 6 amide bonds. The molecule has 1 atom stereocenters. The van der Waals surface area contributed by atoms with Crippen molar-refractivity contribution >= 4 is 97.3 Å². The third-order valence-corrected chi connectivity index (χ3v) is 13.0. The van der Waals surface area contributed by atoms with E-state index in [1.54, 1.807) is 29.2 Å². The molecule has 0 radical (unpaired) electrons. The van der Waals surface area contributed by atoms with E-state index in [4.69, 9.17) is 32.9 Å². The fourth-order valence-electron chi connectivity index (χ4n) is 8.23. The second kappa shape index (κ2) is 20.9. The van der Waals surface area contributed by atoms with Gasteiger partial charge in [0.15, 0.2) is 5.82 Å². The fraction of sp³-hybridized carbons (Fsp3) is 0.457. The zero-order valence-electron chi connectivity index (χ0n) is 36.6. The third kappa shape index (κ3) is 12.2. The topological polar surface area (TPSA) is 178 Å². The Morgan fingerprint density at radius 2 is 1.68 bits per heavy atom. The predicted molar refractivity (Wildman–Crippen MR) is 252 cm³/mol. The predicted octanol–water partition coefficient (Wildman–Crippen LogP) is 8.97. The van der Waals surface area contributed by atoms with Crippen LogP contribution in [-0.4, -0.2) is 94.0 Å². The first-order valence-corrected chi connectivity index (χ1v) is 23.5. The minimum Gasteiger partial charge on any atom is -0.444 e. The second-order valence-electron chi connectivity index (χ2n) is 17.6. The summed E-state index contributed by atoms with van der Waals surface area (Å²) in [4.78, 5) is 77.0. The van der Waals surface area contributed by atoms with Crippen molar-refractivity contribution in [2.75, 3.05) is 48.3 Å². The van der Waals surface area contributed by atoms with Gasteiger partial charge in [0.1, 0.15) is 23.0 Å². The van der Waals surface area contributed by atoms with Crippen LogP contribution in [0.2, 0.25) is 10.0 Å². The van der Waals surface area contributed by atoms with Crippen molar-refractivity contribution in [1.29, 1.82) is 0 Å². The highest BCUT2D eigenvalue weighted by Gasteiger charge is 2.39. The highest BCUT2D eigenvalue weighted by Crippen LogP contribution is 2.36. The van der Waals surface area contributed by atoms with Gasteiger partial charge in [-0.05, 0) is 109 Å². The van der Waals surface area contributed by atoms with Gasteiger partial charge < -0.3 is 35.4 Å². The molecule has 4 aromatic rings. The van der Waals surface area contributed by atoms with Crippen molar-refractivity contribution in [3.63, 3.8) is 0 Å². The van der Waals surface area contributed by atoms with Crippen LogP contribution in [0.1, 0.15) is 99.2 Å². The minimum atomic E-state index is -0.688. The number of aromatic nitrogens is 2. The number of rotatable bonds is 15. The number of hydrogen-bond donors (Lipinski definition) is 4. The van der Waals surface area contributed by atoms with E-state index >= 15 is 4.39 Å². The Labute approximate surface area is 395 Å². The molecule has 19 heteroatoms. The second-order valence-corrected chi connectivity index (χ2v) is 19.2. The van der Waals surface area contributed by atoms with Gasteiger partial charge in [-0.15, -0.1) is 0 Å². The van der Waals surface area contributed by atoms with Gasteiger partial charge >= 0.3 is 12.1 Å². The average molecular weight is 998 g/mol. The number of piperidine rings is 1. The number of anilines is 3. The van der Waals surface area contributed by atoms with Crippen LogP contribution in [0.4, 0.5) is 31.4 Å². The van der Waals surface area contributed by atoms with Gasteiger partial charge in [0.25, 0.3) is 5.91 Å². The molecule has 346 valence electrons. The monoisotopic (exact) mass is 995 g/mol. The number of ether oxygens (including phenoxy) is 1. The maximum absolute atomic E-state index is 15.5. The lowest BCUT2D eigenvalue weighted by Gasteiger charge is -2.36. The standard InChI is InChI=1S/C46H53BrCl2FN9O6/c1-46(2,3)65-45(64)58-18-16-57(17-19-58)40-33-24-34(49)37(47)38(50)39(33)55-43(56-40)51-15-9-7-5-4-6-8-10-27-21-30(48)23-31(22-27)53-44(63)52-25-28-11-12-32-29(20-28)26-59(42(32)62)35-13-14-36(60)54-41(35)61/h11-12,20-24,35H,4-10,13-19,25-26H2,1-3H3,(H,51,55,56)(H2,52,53,63)(H,54,60,61). The van der Waals surface area contributed by atoms with Crippen molar-refractivity contribution in [2.24, 2.45) is 0 Å². The molecule has 3 aliphatic heterocycles. The van der Waals surface area contributed by atoms with Crippen LogP contribution in [0.5, 0.6) is 0 Å². The normalized spacial score (nSPS) is 16.4. The number of aryl methyl sites for hydroxylation is 1. The zero-order chi connectivity index (χ0) is 46.4. The van der Waals surface area contributed by atoms with Gasteiger partial charge in [-0.25, -0.2) is 19.0 Å². The summed E-state index contributed by atoms with van der Waals surface area (Å²) in [5, 5.41) is 12.6. The number of carbonyl (C=O) groups is 5. The molecule has 15 nitrogen and oxygen atoms in total. The molecule has 1 aromatic heterocycles. The largest absolute Gasteiger partial charge is 0.444 e. The Bertz CT molecular complexity index is 2480. The number of fused-ring (bicyclic) bond motifs is 2. The van der Waals surface area contributed by atoms with E-state index in [9.17, 15) is 24.0 Å².